The van der Waals surface area contributed by atoms with Crippen molar-refractivity contribution in [3.63, 3.8) is 0 Å². The number of likely N-dealkylation sites (N-methyl/N-ethyl adjacent to an activating group) is 1. The second kappa shape index (κ2) is 6.15. The van der Waals surface area contributed by atoms with Crippen LogP contribution in [0.15, 0.2) is 0 Å². The van der Waals surface area contributed by atoms with Crippen LogP contribution in [-0.4, -0.2) is 49.4 Å². The Balaban J connectivity index is 0. The van der Waals surface area contributed by atoms with Gasteiger partial charge in [-0.2, -0.15) is 5.90 Å². The summed E-state index contributed by atoms with van der Waals surface area (Å²) in [5.41, 5.74) is 0. The normalized spacial score (nSPS) is 13.0. The van der Waals surface area contributed by atoms with Crippen molar-refractivity contribution < 1.29 is 31.6 Å². The average Bonchev–Trinajstić information content (AvgIpc) is 1.82. The first-order chi connectivity index (χ1) is 5.35. The van der Waals surface area contributed by atoms with Crippen LogP contribution in [0.2, 0.25) is 0 Å². The van der Waals surface area contributed by atoms with Crippen molar-refractivity contribution in [3.8, 4) is 0 Å². The van der Waals surface area contributed by atoms with Crippen LogP contribution in [0, 0.1) is 0 Å². The molecular weight excluding hydrogens is 196 g/mol. The van der Waals surface area contributed by atoms with Crippen molar-refractivity contribution in [1.82, 2.24) is 0 Å². The molecule has 13 heavy (non-hydrogen) atoms. The summed E-state index contributed by atoms with van der Waals surface area (Å²) in [7, 11) is 5.78. The minimum atomic E-state index is -0.693. The fraction of sp³-hybridized carbons (Fsp3) is 0.857. The van der Waals surface area contributed by atoms with E-state index in [1.165, 1.54) is 0 Å². The fourth-order valence-electron chi connectivity index (χ4n) is 0.937. The van der Waals surface area contributed by atoms with Gasteiger partial charge in [-0.1, -0.05) is 0 Å². The molecule has 0 aliphatic heterocycles. The number of carbonyl (C=O) groups is 1. The molecule has 5 nitrogen and oxygen atoms in total. The van der Waals surface area contributed by atoms with Crippen LogP contribution >= 0.6 is 0 Å². The largest absolute Gasteiger partial charge is 1.00 e. The Morgan fingerprint density at radius 1 is 1.54 bits per heavy atom. The third-order valence-corrected chi connectivity index (χ3v) is 1.29. The van der Waals surface area contributed by atoms with Crippen LogP contribution in [0.4, 0.5) is 0 Å². The van der Waals surface area contributed by atoms with E-state index >= 15 is 0 Å². The van der Waals surface area contributed by atoms with Gasteiger partial charge < -0.3 is 26.8 Å². The van der Waals surface area contributed by atoms with E-state index < -0.39 is 12.1 Å². The number of carbonyl (C=O) groups excluding carboxylic acids is 1. The molecule has 0 fully saturated rings. The number of hydrogen-bond donors (Lipinski definition) is 2. The van der Waals surface area contributed by atoms with Crippen LogP contribution < -0.4 is 18.3 Å². The molecule has 0 amide bonds. The standard InChI is InChI=1S/C7H17N2O3.ClH/c1-9(2,3)5-6(10)4-7(11)12-8;/h6,10H,4-5,8H2,1-3H3;1H/q+1;/p-1/t6-;/m0./s1. The third-order valence-electron chi connectivity index (χ3n) is 1.29. The van der Waals surface area contributed by atoms with Gasteiger partial charge in [0.1, 0.15) is 12.6 Å². The number of quaternary nitrogens is 1. The summed E-state index contributed by atoms with van der Waals surface area (Å²) in [4.78, 5) is 14.5. The van der Waals surface area contributed by atoms with Crippen LogP contribution in [0.3, 0.4) is 0 Å². The van der Waals surface area contributed by atoms with Gasteiger partial charge >= 0.3 is 5.97 Å². The molecule has 0 aromatic heterocycles. The summed E-state index contributed by atoms with van der Waals surface area (Å²) >= 11 is 0. The van der Waals surface area contributed by atoms with Gasteiger partial charge in [-0.3, -0.25) is 4.79 Å². The minimum absolute atomic E-state index is 0. The number of hydrogen-bond acceptors (Lipinski definition) is 4. The number of aliphatic hydroxyl groups excluding tert-OH is 1. The molecule has 1 atom stereocenters. The Morgan fingerprint density at radius 2 is 2.00 bits per heavy atom. The number of rotatable bonds is 4. The second-order valence-corrected chi connectivity index (χ2v) is 3.82. The maximum Gasteiger partial charge on any atom is 0.327 e. The lowest BCUT2D eigenvalue weighted by Crippen LogP contribution is -3.00. The van der Waals surface area contributed by atoms with Gasteiger partial charge in [-0.15, -0.1) is 0 Å². The molecule has 0 rings (SSSR count). The van der Waals surface area contributed by atoms with E-state index in [0.717, 1.165) is 0 Å². The van der Waals surface area contributed by atoms with E-state index in [2.05, 4.69) is 10.7 Å². The zero-order chi connectivity index (χ0) is 9.78. The third kappa shape index (κ3) is 9.55. The zero-order valence-corrected chi connectivity index (χ0v) is 8.91. The molecule has 0 aliphatic rings. The van der Waals surface area contributed by atoms with E-state index in [0.29, 0.717) is 11.0 Å². The molecule has 0 radical (unpaired) electrons. The highest BCUT2D eigenvalue weighted by molar-refractivity contribution is 5.69. The molecule has 0 aliphatic carbocycles. The second-order valence-electron chi connectivity index (χ2n) is 3.82. The highest BCUT2D eigenvalue weighted by Crippen LogP contribution is 1.99. The number of halogens is 1. The molecule has 80 valence electrons. The summed E-state index contributed by atoms with van der Waals surface area (Å²) in [5.74, 6) is 4.03. The van der Waals surface area contributed by atoms with Gasteiger partial charge in [0.25, 0.3) is 0 Å². The van der Waals surface area contributed by atoms with Crippen molar-refractivity contribution in [1.29, 1.82) is 0 Å². The van der Waals surface area contributed by atoms with Crippen molar-refractivity contribution in [2.75, 3.05) is 27.7 Å². The van der Waals surface area contributed by atoms with E-state index in [4.69, 9.17) is 0 Å². The Hall–Kier alpha value is -0.360. The first kappa shape index (κ1) is 15.1. The minimum Gasteiger partial charge on any atom is -1.00 e. The topological polar surface area (TPSA) is 72.5 Å². The molecular formula is C7H17ClN2O3. The van der Waals surface area contributed by atoms with Gasteiger partial charge in [0, 0.05) is 0 Å². The SMILES string of the molecule is C[N+](C)(C)C[C@@H](O)CC(=O)ON.[Cl-]. The lowest BCUT2D eigenvalue weighted by Gasteiger charge is -2.26. The molecule has 0 spiro atoms. The molecule has 0 bridgehead atoms. The molecule has 0 unspecified atom stereocenters. The number of nitrogens with zero attached hydrogens (tertiary/aromatic N) is 1. The van der Waals surface area contributed by atoms with E-state index in [1.54, 1.807) is 0 Å². The zero-order valence-electron chi connectivity index (χ0n) is 8.16. The van der Waals surface area contributed by atoms with Crippen molar-refractivity contribution in [2.24, 2.45) is 5.90 Å². The van der Waals surface area contributed by atoms with Crippen molar-refractivity contribution in [2.45, 2.75) is 12.5 Å². The lowest BCUT2D eigenvalue weighted by molar-refractivity contribution is -0.873. The lowest BCUT2D eigenvalue weighted by atomic mass is 10.2. The highest BCUT2D eigenvalue weighted by atomic mass is 35.5. The Kier molecular flexibility index (Phi) is 7.15. The van der Waals surface area contributed by atoms with Gasteiger partial charge in [0.15, 0.2) is 0 Å². The molecule has 0 heterocycles. The summed E-state index contributed by atoms with van der Waals surface area (Å²) in [5, 5.41) is 9.31. The maximum absolute atomic E-state index is 10.6. The predicted octanol–water partition coefficient (Wildman–Crippen LogP) is -4.14. The molecule has 0 saturated heterocycles. The number of aliphatic hydroxyl groups is 1. The van der Waals surface area contributed by atoms with Crippen LogP contribution in [0.25, 0.3) is 0 Å². The molecule has 3 N–H and O–H groups in total. The highest BCUT2D eigenvalue weighted by Gasteiger charge is 2.18. The van der Waals surface area contributed by atoms with Crippen molar-refractivity contribution in [3.05, 3.63) is 0 Å². The summed E-state index contributed by atoms with van der Waals surface area (Å²) < 4.78 is 0.596. The van der Waals surface area contributed by atoms with E-state index in [-0.39, 0.29) is 18.8 Å². The molecule has 6 heteroatoms. The Labute approximate surface area is 84.4 Å². The first-order valence-corrected chi connectivity index (χ1v) is 3.73. The van der Waals surface area contributed by atoms with E-state index in [1.807, 2.05) is 21.1 Å². The monoisotopic (exact) mass is 212 g/mol. The average molecular weight is 213 g/mol. The smallest absolute Gasteiger partial charge is 0.327 e. The van der Waals surface area contributed by atoms with Crippen LogP contribution in [0.5, 0.6) is 0 Å². The molecule has 0 aromatic rings. The van der Waals surface area contributed by atoms with Crippen LogP contribution in [0.1, 0.15) is 6.42 Å². The summed E-state index contributed by atoms with van der Waals surface area (Å²) in [6.45, 7) is 0.495. The quantitative estimate of drug-likeness (QED) is 0.367. The van der Waals surface area contributed by atoms with Crippen molar-refractivity contribution >= 4 is 5.97 Å². The summed E-state index contributed by atoms with van der Waals surface area (Å²) in [6, 6.07) is 0. The Morgan fingerprint density at radius 3 is 2.31 bits per heavy atom. The molecule has 0 saturated carbocycles. The van der Waals surface area contributed by atoms with Gasteiger partial charge in [0.05, 0.1) is 27.6 Å². The first-order valence-electron chi connectivity index (χ1n) is 3.73. The summed E-state index contributed by atoms with van der Waals surface area (Å²) in [6.07, 6.45) is -0.743. The molecule has 0 aromatic carbocycles. The van der Waals surface area contributed by atoms with Gasteiger partial charge in [-0.05, 0) is 0 Å². The van der Waals surface area contributed by atoms with Crippen LogP contribution in [-0.2, 0) is 9.63 Å². The van der Waals surface area contributed by atoms with Gasteiger partial charge in [-0.25, -0.2) is 0 Å². The Bertz CT molecular complexity index is 158. The maximum atomic E-state index is 10.6. The number of nitrogens with two attached hydrogens (primary N) is 1. The predicted molar refractivity (Wildman–Crippen MR) is 43.8 cm³/mol. The van der Waals surface area contributed by atoms with E-state index in [9.17, 15) is 9.90 Å². The van der Waals surface area contributed by atoms with Gasteiger partial charge in [0.2, 0.25) is 0 Å². The fourth-order valence-corrected chi connectivity index (χ4v) is 0.937.